The number of aliphatic hydroxyl groups is 1. The monoisotopic (exact) mass is 376 g/mol. The van der Waals surface area contributed by atoms with Crippen molar-refractivity contribution in [1.82, 2.24) is 19.4 Å². The van der Waals surface area contributed by atoms with Crippen molar-refractivity contribution in [3.63, 3.8) is 0 Å². The molecule has 1 aromatic rings. The number of aliphatic hydroxyl groups excluding tert-OH is 1. The highest BCUT2D eigenvalue weighted by atomic mass is 16.5. The largest absolute Gasteiger partial charge is 0.391 e. The van der Waals surface area contributed by atoms with E-state index in [0.717, 1.165) is 64.5 Å². The van der Waals surface area contributed by atoms with Gasteiger partial charge in [0.05, 0.1) is 19.3 Å². The van der Waals surface area contributed by atoms with Gasteiger partial charge in [-0.15, -0.1) is 0 Å². The Balaban J connectivity index is 1.31. The van der Waals surface area contributed by atoms with E-state index in [9.17, 15) is 9.90 Å². The normalized spacial score (nSPS) is 31.9. The Morgan fingerprint density at radius 3 is 2.74 bits per heavy atom. The zero-order valence-electron chi connectivity index (χ0n) is 16.3. The van der Waals surface area contributed by atoms with Gasteiger partial charge in [0.1, 0.15) is 5.82 Å². The second-order valence-electron chi connectivity index (χ2n) is 8.21. The maximum Gasteiger partial charge on any atom is 0.224 e. The van der Waals surface area contributed by atoms with Gasteiger partial charge in [0, 0.05) is 64.0 Å². The van der Waals surface area contributed by atoms with Gasteiger partial charge < -0.3 is 19.3 Å². The second kappa shape index (κ2) is 8.29. The van der Waals surface area contributed by atoms with Gasteiger partial charge in [0.2, 0.25) is 5.91 Å². The molecule has 7 nitrogen and oxygen atoms in total. The Labute approximate surface area is 161 Å². The molecule has 4 atom stereocenters. The van der Waals surface area contributed by atoms with E-state index in [4.69, 9.17) is 4.74 Å². The fourth-order valence-corrected chi connectivity index (χ4v) is 5.14. The highest BCUT2D eigenvalue weighted by molar-refractivity contribution is 5.76. The summed E-state index contributed by atoms with van der Waals surface area (Å²) in [6.07, 6.45) is 6.71. The van der Waals surface area contributed by atoms with Gasteiger partial charge in [-0.3, -0.25) is 9.69 Å². The van der Waals surface area contributed by atoms with Crippen molar-refractivity contribution >= 4 is 5.91 Å². The Kier molecular flexibility index (Phi) is 5.80. The summed E-state index contributed by atoms with van der Waals surface area (Å²) < 4.78 is 7.53. The molecule has 2 saturated heterocycles. The van der Waals surface area contributed by atoms with Crippen LogP contribution in [-0.2, 0) is 22.5 Å². The van der Waals surface area contributed by atoms with Crippen LogP contribution in [0.25, 0.3) is 0 Å². The Morgan fingerprint density at radius 2 is 2.00 bits per heavy atom. The fourth-order valence-electron chi connectivity index (χ4n) is 5.14. The summed E-state index contributed by atoms with van der Waals surface area (Å²) >= 11 is 0. The lowest BCUT2D eigenvalue weighted by Crippen LogP contribution is -2.53. The molecule has 0 radical (unpaired) electrons. The van der Waals surface area contributed by atoms with Crippen molar-refractivity contribution in [2.24, 2.45) is 11.8 Å². The molecule has 27 heavy (non-hydrogen) atoms. The number of rotatable bonds is 5. The summed E-state index contributed by atoms with van der Waals surface area (Å²) in [5, 5.41) is 10.7. The number of imidazole rings is 1. The first kappa shape index (κ1) is 18.9. The number of carbonyl (C=O) groups is 1. The lowest BCUT2D eigenvalue weighted by Gasteiger charge is -2.43. The maximum absolute atomic E-state index is 12.8. The van der Waals surface area contributed by atoms with E-state index in [1.54, 1.807) is 6.20 Å². The van der Waals surface area contributed by atoms with Crippen LogP contribution in [0.3, 0.4) is 0 Å². The van der Waals surface area contributed by atoms with E-state index >= 15 is 0 Å². The first-order valence-electron chi connectivity index (χ1n) is 10.4. The topological polar surface area (TPSA) is 70.8 Å². The van der Waals surface area contributed by atoms with Crippen LogP contribution in [0, 0.1) is 11.8 Å². The lowest BCUT2D eigenvalue weighted by atomic mass is 9.77. The molecular weight excluding hydrogens is 344 g/mol. The molecule has 0 aromatic carbocycles. The van der Waals surface area contributed by atoms with Crippen LogP contribution in [0.1, 0.15) is 32.0 Å². The summed E-state index contributed by atoms with van der Waals surface area (Å²) in [6, 6.07) is 0.225. The van der Waals surface area contributed by atoms with Crippen molar-refractivity contribution in [2.45, 2.75) is 51.3 Å². The van der Waals surface area contributed by atoms with Crippen LogP contribution in [-0.4, -0.2) is 81.9 Å². The first-order valence-corrected chi connectivity index (χ1v) is 10.4. The van der Waals surface area contributed by atoms with E-state index in [1.807, 2.05) is 11.1 Å². The van der Waals surface area contributed by atoms with Gasteiger partial charge in [-0.2, -0.15) is 0 Å². The standard InChI is InChI=1S/C20H32N4O3/c1-2-19-21-4-6-23(19)5-3-20(26)24-13-15-11-17(18(25)12-16(15)14-24)22-7-9-27-10-8-22/h4,6,15-18,25H,2-3,5,7-14H2,1H3/t15-,16+,17-,18-/m1/s1. The van der Waals surface area contributed by atoms with Gasteiger partial charge >= 0.3 is 0 Å². The van der Waals surface area contributed by atoms with E-state index < -0.39 is 0 Å². The smallest absolute Gasteiger partial charge is 0.224 e. The summed E-state index contributed by atoms with van der Waals surface area (Å²) in [7, 11) is 0. The Morgan fingerprint density at radius 1 is 1.26 bits per heavy atom. The van der Waals surface area contributed by atoms with E-state index in [2.05, 4.69) is 21.4 Å². The molecule has 7 heteroatoms. The van der Waals surface area contributed by atoms with Crippen molar-refractivity contribution in [3.05, 3.63) is 18.2 Å². The quantitative estimate of drug-likeness (QED) is 0.822. The minimum Gasteiger partial charge on any atom is -0.391 e. The van der Waals surface area contributed by atoms with Crippen LogP contribution in [0.2, 0.25) is 0 Å². The number of fused-ring (bicyclic) bond motifs is 1. The molecule has 4 rings (SSSR count). The number of amides is 1. The summed E-state index contributed by atoms with van der Waals surface area (Å²) in [4.78, 5) is 21.5. The van der Waals surface area contributed by atoms with E-state index in [1.165, 1.54) is 0 Å². The Bertz CT molecular complexity index is 643. The molecule has 3 heterocycles. The fraction of sp³-hybridized carbons (Fsp3) is 0.800. The van der Waals surface area contributed by atoms with Crippen molar-refractivity contribution in [3.8, 4) is 0 Å². The average molecular weight is 377 g/mol. The van der Waals surface area contributed by atoms with Gasteiger partial charge in [-0.05, 0) is 24.7 Å². The minimum atomic E-state index is -0.280. The predicted octanol–water partition coefficient (Wildman–Crippen LogP) is 0.766. The number of nitrogens with zero attached hydrogens (tertiary/aromatic N) is 4. The molecule has 1 aromatic heterocycles. The molecule has 1 saturated carbocycles. The Hall–Kier alpha value is -1.44. The highest BCUT2D eigenvalue weighted by Crippen LogP contribution is 2.38. The molecule has 1 N–H and O–H groups in total. The lowest BCUT2D eigenvalue weighted by molar-refractivity contribution is -0.130. The number of ether oxygens (including phenoxy) is 1. The summed E-state index contributed by atoms with van der Waals surface area (Å²) in [6.45, 7) is 7.78. The van der Waals surface area contributed by atoms with Crippen molar-refractivity contribution in [1.29, 1.82) is 0 Å². The third-order valence-electron chi connectivity index (χ3n) is 6.66. The zero-order valence-corrected chi connectivity index (χ0v) is 16.3. The zero-order chi connectivity index (χ0) is 18.8. The molecular formula is C20H32N4O3. The molecule has 3 fully saturated rings. The van der Waals surface area contributed by atoms with Gasteiger partial charge in [0.15, 0.2) is 0 Å². The van der Waals surface area contributed by atoms with Crippen LogP contribution < -0.4 is 0 Å². The van der Waals surface area contributed by atoms with Gasteiger partial charge in [0.25, 0.3) is 0 Å². The predicted molar refractivity (Wildman–Crippen MR) is 101 cm³/mol. The third-order valence-corrected chi connectivity index (χ3v) is 6.66. The number of aryl methyl sites for hydroxylation is 2. The minimum absolute atomic E-state index is 0.225. The SMILES string of the molecule is CCc1nccn1CCC(=O)N1C[C@H]2C[C@@H](N3CCOCC3)[C@H](O)C[C@H]2C1. The molecule has 0 bridgehead atoms. The highest BCUT2D eigenvalue weighted by Gasteiger charge is 2.44. The van der Waals surface area contributed by atoms with Gasteiger partial charge in [-0.1, -0.05) is 6.92 Å². The maximum atomic E-state index is 12.8. The van der Waals surface area contributed by atoms with Crippen molar-refractivity contribution in [2.75, 3.05) is 39.4 Å². The third kappa shape index (κ3) is 4.05. The number of morpholine rings is 1. The number of carbonyl (C=O) groups excluding carboxylic acids is 1. The molecule has 2 aliphatic heterocycles. The van der Waals surface area contributed by atoms with Crippen LogP contribution in [0.4, 0.5) is 0 Å². The van der Waals surface area contributed by atoms with Crippen LogP contribution in [0.5, 0.6) is 0 Å². The van der Waals surface area contributed by atoms with Crippen molar-refractivity contribution < 1.29 is 14.6 Å². The molecule has 1 amide bonds. The molecule has 0 unspecified atom stereocenters. The first-order chi connectivity index (χ1) is 13.2. The van der Waals surface area contributed by atoms with E-state index in [0.29, 0.717) is 24.8 Å². The van der Waals surface area contributed by atoms with E-state index in [-0.39, 0.29) is 18.1 Å². The molecule has 150 valence electrons. The van der Waals surface area contributed by atoms with Crippen LogP contribution in [0.15, 0.2) is 12.4 Å². The number of likely N-dealkylation sites (tertiary alicyclic amines) is 1. The molecule has 1 aliphatic carbocycles. The average Bonchev–Trinajstić information content (AvgIpc) is 3.32. The summed E-state index contributed by atoms with van der Waals surface area (Å²) in [5.41, 5.74) is 0. The van der Waals surface area contributed by atoms with Crippen LogP contribution >= 0.6 is 0 Å². The number of hydrogen-bond donors (Lipinski definition) is 1. The second-order valence-corrected chi connectivity index (χ2v) is 8.21. The molecule has 0 spiro atoms. The summed E-state index contributed by atoms with van der Waals surface area (Å²) in [5.74, 6) is 2.23. The van der Waals surface area contributed by atoms with Gasteiger partial charge in [-0.25, -0.2) is 4.98 Å². The molecule has 3 aliphatic rings. The number of hydrogen-bond acceptors (Lipinski definition) is 5. The number of aromatic nitrogens is 2.